The van der Waals surface area contributed by atoms with Crippen molar-refractivity contribution in [3.63, 3.8) is 0 Å². The van der Waals surface area contributed by atoms with E-state index in [-0.39, 0.29) is 6.04 Å². The average Bonchev–Trinajstić information content (AvgIpc) is 2.71. The Morgan fingerprint density at radius 1 is 1.47 bits per heavy atom. The van der Waals surface area contributed by atoms with Crippen LogP contribution in [0.4, 0.5) is 0 Å². The molecule has 0 aliphatic carbocycles. The molecule has 1 unspecified atom stereocenters. The maximum atomic E-state index is 5.52. The quantitative estimate of drug-likeness (QED) is 0.578. The highest BCUT2D eigenvalue weighted by Gasteiger charge is 2.15. The normalized spacial score (nSPS) is 13.1. The number of aromatic amines is 1. The van der Waals surface area contributed by atoms with Crippen molar-refractivity contribution in [2.75, 3.05) is 6.54 Å². The number of benzene rings is 1. The topological polar surface area (TPSA) is 49.1 Å². The van der Waals surface area contributed by atoms with Gasteiger partial charge < -0.3 is 4.98 Å². The van der Waals surface area contributed by atoms with Crippen LogP contribution in [-0.4, -0.2) is 11.5 Å². The van der Waals surface area contributed by atoms with Crippen LogP contribution in [0.2, 0.25) is 0 Å². The number of aromatic nitrogens is 1. The van der Waals surface area contributed by atoms with E-state index in [1.54, 1.807) is 0 Å². The second-order valence-corrected chi connectivity index (χ2v) is 4.86. The van der Waals surface area contributed by atoms with Crippen molar-refractivity contribution in [1.82, 2.24) is 15.3 Å². The molecule has 4 nitrogen and oxygen atoms in total. The van der Waals surface area contributed by atoms with Crippen molar-refractivity contribution >= 4 is 50.5 Å². The van der Waals surface area contributed by atoms with Crippen molar-refractivity contribution in [2.24, 2.45) is 0 Å². The molecule has 1 heterocycles. The lowest BCUT2D eigenvalue weighted by molar-refractivity contribution is 0.175. The summed E-state index contributed by atoms with van der Waals surface area (Å²) in [6.45, 7) is 0.480. The second kappa shape index (κ2) is 6.04. The van der Waals surface area contributed by atoms with E-state index >= 15 is 0 Å². The van der Waals surface area contributed by atoms with E-state index < -0.39 is 0 Å². The van der Waals surface area contributed by atoms with E-state index in [1.807, 2.05) is 24.4 Å². The first-order chi connectivity index (χ1) is 8.26. The van der Waals surface area contributed by atoms with Crippen LogP contribution < -0.4 is 10.3 Å². The molecule has 2 aromatic rings. The fourth-order valence-corrected chi connectivity index (χ4v) is 2.37. The van der Waals surface area contributed by atoms with Crippen LogP contribution in [0.5, 0.6) is 0 Å². The largest absolute Gasteiger partial charge is 0.361 e. The van der Waals surface area contributed by atoms with E-state index in [2.05, 4.69) is 35.6 Å². The fraction of sp³-hybridized carbons (Fsp3) is 0.200. The first-order valence-electron chi connectivity index (χ1n) is 4.89. The third-order valence-corrected chi connectivity index (χ3v) is 3.26. The number of nitrogens with one attached hydrogen (secondary N) is 3. The van der Waals surface area contributed by atoms with Crippen molar-refractivity contribution in [2.45, 2.75) is 6.04 Å². The van der Waals surface area contributed by atoms with Crippen LogP contribution in [0, 0.1) is 0 Å². The lowest BCUT2D eigenvalue weighted by Crippen LogP contribution is -2.26. The maximum Gasteiger partial charge on any atom is 0.0837 e. The Kier molecular flexibility index (Phi) is 4.67. The third-order valence-electron chi connectivity index (χ3n) is 2.52. The van der Waals surface area contributed by atoms with Crippen molar-refractivity contribution in [3.8, 4) is 0 Å². The highest BCUT2D eigenvalue weighted by Crippen LogP contribution is 2.27. The minimum absolute atomic E-state index is 0.145. The molecule has 0 spiro atoms. The Hall–Kier alpha value is -0.300. The predicted molar refractivity (Wildman–Crippen MR) is 72.7 cm³/mol. The molecule has 0 saturated carbocycles. The molecule has 0 aliphatic heterocycles. The van der Waals surface area contributed by atoms with Crippen LogP contribution in [0.25, 0.3) is 10.9 Å². The van der Waals surface area contributed by atoms with Crippen molar-refractivity contribution in [1.29, 1.82) is 0 Å². The Morgan fingerprint density at radius 3 is 3.00 bits per heavy atom. The number of hydroxylamine groups is 1. The van der Waals surface area contributed by atoms with Crippen LogP contribution >= 0.6 is 39.6 Å². The Bertz CT molecular complexity index is 499. The first kappa shape index (κ1) is 13.1. The molecule has 0 bridgehead atoms. The SMILES string of the molecule is ClNCC(NOCl)c1c[nH]c2ccc(Br)cc12. The van der Waals surface area contributed by atoms with Gasteiger partial charge >= 0.3 is 0 Å². The highest BCUT2D eigenvalue weighted by molar-refractivity contribution is 9.10. The van der Waals surface area contributed by atoms with Gasteiger partial charge in [-0.15, -0.1) is 0 Å². The first-order valence-corrected chi connectivity index (χ1v) is 6.37. The molecule has 0 saturated heterocycles. The molecular weight excluding hydrogens is 329 g/mol. The van der Waals surface area contributed by atoms with Gasteiger partial charge in [-0.2, -0.15) is 9.87 Å². The third kappa shape index (κ3) is 2.93. The van der Waals surface area contributed by atoms with Gasteiger partial charge in [0.15, 0.2) is 0 Å². The Labute approximate surface area is 117 Å². The van der Waals surface area contributed by atoms with Crippen LogP contribution in [0.15, 0.2) is 28.9 Å². The van der Waals surface area contributed by atoms with Crippen molar-refractivity contribution in [3.05, 3.63) is 34.4 Å². The zero-order valence-corrected chi connectivity index (χ0v) is 11.7. The zero-order valence-electron chi connectivity index (χ0n) is 8.64. The molecule has 0 radical (unpaired) electrons. The summed E-state index contributed by atoms with van der Waals surface area (Å²) >= 11 is 14.2. The molecule has 7 heteroatoms. The lowest BCUT2D eigenvalue weighted by Gasteiger charge is -2.14. The highest BCUT2D eigenvalue weighted by atomic mass is 79.9. The Balaban J connectivity index is 2.41. The van der Waals surface area contributed by atoms with Gasteiger partial charge in [-0.1, -0.05) is 15.9 Å². The number of rotatable bonds is 5. The minimum atomic E-state index is -0.145. The number of halogens is 3. The van der Waals surface area contributed by atoms with Gasteiger partial charge in [0.1, 0.15) is 0 Å². The van der Waals surface area contributed by atoms with E-state index in [0.29, 0.717) is 6.54 Å². The van der Waals surface area contributed by atoms with E-state index in [9.17, 15) is 0 Å². The molecule has 1 aromatic heterocycles. The second-order valence-electron chi connectivity index (χ2n) is 3.52. The number of H-pyrrole nitrogens is 1. The summed E-state index contributed by atoms with van der Waals surface area (Å²) in [7, 11) is 0. The number of hydrogen-bond donors (Lipinski definition) is 3. The van der Waals surface area contributed by atoms with Crippen LogP contribution in [-0.2, 0) is 4.39 Å². The molecule has 92 valence electrons. The van der Waals surface area contributed by atoms with E-state index in [0.717, 1.165) is 20.9 Å². The van der Waals surface area contributed by atoms with Gasteiger partial charge in [-0.3, -0.25) is 0 Å². The van der Waals surface area contributed by atoms with Gasteiger partial charge in [0.05, 0.1) is 17.9 Å². The Morgan fingerprint density at radius 2 is 2.29 bits per heavy atom. The van der Waals surface area contributed by atoms with Crippen LogP contribution in [0.3, 0.4) is 0 Å². The summed E-state index contributed by atoms with van der Waals surface area (Å²) in [5, 5.41) is 1.08. The van der Waals surface area contributed by atoms with Gasteiger partial charge in [-0.25, -0.2) is 4.84 Å². The molecular formula is C10H10BrCl2N3O. The standard InChI is InChI=1S/C10H10BrCl2N3O/c11-6-1-2-9-7(3-6)8(4-14-9)10(5-15-12)16-17-13/h1-4,10,14-16H,5H2. The summed E-state index contributed by atoms with van der Waals surface area (Å²) in [5.41, 5.74) is 4.74. The molecule has 2 rings (SSSR count). The van der Waals surface area contributed by atoms with Gasteiger partial charge in [-0.05, 0) is 35.5 Å². The lowest BCUT2D eigenvalue weighted by atomic mass is 10.1. The summed E-state index contributed by atoms with van der Waals surface area (Å²) < 4.78 is 5.47. The van der Waals surface area contributed by atoms with Crippen molar-refractivity contribution < 1.29 is 4.39 Å². The molecule has 0 amide bonds. The summed E-state index contributed by atoms with van der Waals surface area (Å²) in [4.78, 5) is 5.75. The zero-order chi connectivity index (χ0) is 12.3. The smallest absolute Gasteiger partial charge is 0.0837 e. The van der Waals surface area contributed by atoms with E-state index in [1.165, 1.54) is 0 Å². The predicted octanol–water partition coefficient (Wildman–Crippen LogP) is 3.39. The molecule has 0 aliphatic rings. The van der Waals surface area contributed by atoms with Gasteiger partial charge in [0.25, 0.3) is 0 Å². The maximum absolute atomic E-state index is 5.52. The van der Waals surface area contributed by atoms with Gasteiger partial charge in [0, 0.05) is 28.1 Å². The monoisotopic (exact) mass is 337 g/mol. The molecule has 17 heavy (non-hydrogen) atoms. The summed E-state index contributed by atoms with van der Waals surface area (Å²) in [6, 6.07) is 5.85. The number of fused-ring (bicyclic) bond motifs is 1. The summed E-state index contributed by atoms with van der Waals surface area (Å²) in [6.07, 6.45) is 1.90. The summed E-state index contributed by atoms with van der Waals surface area (Å²) in [5.74, 6) is 0. The molecule has 0 fully saturated rings. The number of hydrogen-bond acceptors (Lipinski definition) is 3. The van der Waals surface area contributed by atoms with Gasteiger partial charge in [0.2, 0.25) is 0 Å². The van der Waals surface area contributed by atoms with Crippen LogP contribution in [0.1, 0.15) is 11.6 Å². The molecule has 1 aromatic carbocycles. The molecule has 1 atom stereocenters. The minimum Gasteiger partial charge on any atom is -0.361 e. The average molecular weight is 339 g/mol. The van der Waals surface area contributed by atoms with E-state index in [4.69, 9.17) is 23.6 Å². The fourth-order valence-electron chi connectivity index (χ4n) is 1.75. The molecule has 3 N–H and O–H groups in total.